The van der Waals surface area contributed by atoms with E-state index < -0.39 is 23.1 Å². The van der Waals surface area contributed by atoms with Crippen LogP contribution in [0.4, 0.5) is 30.4 Å². The normalized spacial score (nSPS) is 10.4. The van der Waals surface area contributed by atoms with E-state index in [-0.39, 0.29) is 16.7 Å². The van der Waals surface area contributed by atoms with Crippen LogP contribution >= 0.6 is 11.6 Å². The first kappa shape index (κ1) is 12.5. The molecule has 0 radical (unpaired) electrons. The number of nitrogens with two attached hydrogens (primary N) is 1. The van der Waals surface area contributed by atoms with Crippen LogP contribution < -0.4 is 11.1 Å². The molecule has 0 atom stereocenters. The number of aromatic nitrogens is 1. The number of pyridine rings is 1. The lowest BCUT2D eigenvalue weighted by Gasteiger charge is -2.09. The van der Waals surface area contributed by atoms with Crippen molar-refractivity contribution in [3.63, 3.8) is 0 Å². The molecule has 0 aliphatic rings. The first-order chi connectivity index (χ1) is 8.47. The molecule has 0 amide bonds. The second-order valence-electron chi connectivity index (χ2n) is 3.45. The largest absolute Gasteiger partial charge is 0.396 e. The summed E-state index contributed by atoms with van der Waals surface area (Å²) in [4.78, 5) is 3.79. The number of benzene rings is 1. The maximum atomic E-state index is 13.4. The summed E-state index contributed by atoms with van der Waals surface area (Å²) < 4.78 is 39.3. The first-order valence-corrected chi connectivity index (χ1v) is 5.19. The van der Waals surface area contributed by atoms with E-state index in [9.17, 15) is 13.2 Å². The van der Waals surface area contributed by atoms with Crippen molar-refractivity contribution in [2.24, 2.45) is 0 Å². The van der Waals surface area contributed by atoms with Crippen LogP contribution in [-0.4, -0.2) is 4.98 Å². The fraction of sp³-hybridized carbons (Fsp3) is 0. The highest BCUT2D eigenvalue weighted by molar-refractivity contribution is 6.29. The minimum Gasteiger partial charge on any atom is -0.396 e. The minimum absolute atomic E-state index is 0.0198. The van der Waals surface area contributed by atoms with E-state index in [4.69, 9.17) is 17.3 Å². The molecule has 0 aliphatic carbocycles. The van der Waals surface area contributed by atoms with Crippen molar-refractivity contribution >= 4 is 28.8 Å². The summed E-state index contributed by atoms with van der Waals surface area (Å²) in [7, 11) is 0. The topological polar surface area (TPSA) is 50.9 Å². The number of hydrogen-bond acceptors (Lipinski definition) is 3. The fourth-order valence-electron chi connectivity index (χ4n) is 1.32. The average Bonchev–Trinajstić information content (AvgIpc) is 2.30. The Balaban J connectivity index is 2.43. The van der Waals surface area contributed by atoms with Crippen LogP contribution in [-0.2, 0) is 0 Å². The molecule has 2 aromatic rings. The highest BCUT2D eigenvalue weighted by Gasteiger charge is 2.13. The van der Waals surface area contributed by atoms with Gasteiger partial charge in [0, 0.05) is 12.1 Å². The van der Waals surface area contributed by atoms with Crippen molar-refractivity contribution in [2.45, 2.75) is 0 Å². The van der Waals surface area contributed by atoms with E-state index in [1.54, 1.807) is 0 Å². The zero-order valence-corrected chi connectivity index (χ0v) is 9.60. The van der Waals surface area contributed by atoms with Gasteiger partial charge in [-0.2, -0.15) is 0 Å². The smallest absolute Gasteiger partial charge is 0.182 e. The summed E-state index contributed by atoms with van der Waals surface area (Å²) in [6.45, 7) is 0. The predicted octanol–water partition coefficient (Wildman–Crippen LogP) is 3.48. The van der Waals surface area contributed by atoms with E-state index in [2.05, 4.69) is 10.3 Å². The average molecular weight is 274 g/mol. The molecule has 1 heterocycles. The van der Waals surface area contributed by atoms with Gasteiger partial charge < -0.3 is 11.1 Å². The molecular formula is C11H7ClF3N3. The zero-order valence-electron chi connectivity index (χ0n) is 8.85. The van der Waals surface area contributed by atoms with Crippen LogP contribution in [0.3, 0.4) is 0 Å². The number of halogens is 4. The Bertz CT molecular complexity index is 604. The quantitative estimate of drug-likeness (QED) is 0.651. The summed E-state index contributed by atoms with van der Waals surface area (Å²) >= 11 is 5.64. The highest BCUT2D eigenvalue weighted by atomic mass is 35.5. The monoisotopic (exact) mass is 273 g/mol. The Hall–Kier alpha value is -1.95. The molecule has 1 aromatic carbocycles. The van der Waals surface area contributed by atoms with E-state index in [1.807, 2.05) is 0 Å². The summed E-state index contributed by atoms with van der Waals surface area (Å²) in [6, 6.07) is 4.10. The Morgan fingerprint density at radius 3 is 2.61 bits per heavy atom. The van der Waals surface area contributed by atoms with Crippen molar-refractivity contribution in [2.75, 3.05) is 11.1 Å². The van der Waals surface area contributed by atoms with Gasteiger partial charge in [0.25, 0.3) is 0 Å². The van der Waals surface area contributed by atoms with Gasteiger partial charge in [0.05, 0.1) is 11.4 Å². The van der Waals surface area contributed by atoms with Gasteiger partial charge in [-0.25, -0.2) is 18.2 Å². The van der Waals surface area contributed by atoms with Crippen LogP contribution in [0.2, 0.25) is 5.15 Å². The molecule has 0 spiro atoms. The standard InChI is InChI=1S/C11H7ClF3N3/c12-9-2-1-7(16)11(18-9)17-8-4-5(13)3-6(14)10(8)15/h1-4H,16H2,(H,17,18). The second kappa shape index (κ2) is 4.73. The van der Waals surface area contributed by atoms with Gasteiger partial charge in [0.1, 0.15) is 11.0 Å². The molecule has 18 heavy (non-hydrogen) atoms. The van der Waals surface area contributed by atoms with Gasteiger partial charge in [-0.3, -0.25) is 0 Å². The van der Waals surface area contributed by atoms with Crippen molar-refractivity contribution in [3.8, 4) is 0 Å². The Kier molecular flexibility index (Phi) is 3.29. The van der Waals surface area contributed by atoms with E-state index >= 15 is 0 Å². The number of nitrogens with zero attached hydrogens (tertiary/aromatic N) is 1. The highest BCUT2D eigenvalue weighted by Crippen LogP contribution is 2.26. The molecule has 94 valence electrons. The fourth-order valence-corrected chi connectivity index (χ4v) is 1.47. The number of rotatable bonds is 2. The van der Waals surface area contributed by atoms with Gasteiger partial charge >= 0.3 is 0 Å². The number of hydrogen-bond donors (Lipinski definition) is 2. The lowest BCUT2D eigenvalue weighted by molar-refractivity contribution is 0.498. The molecule has 0 saturated heterocycles. The van der Waals surface area contributed by atoms with Crippen molar-refractivity contribution < 1.29 is 13.2 Å². The number of nitrogens with one attached hydrogen (secondary N) is 1. The number of anilines is 3. The first-order valence-electron chi connectivity index (χ1n) is 4.81. The molecule has 3 nitrogen and oxygen atoms in total. The maximum absolute atomic E-state index is 13.4. The van der Waals surface area contributed by atoms with Gasteiger partial charge in [-0.05, 0) is 12.1 Å². The van der Waals surface area contributed by atoms with E-state index in [1.165, 1.54) is 12.1 Å². The van der Waals surface area contributed by atoms with Crippen LogP contribution in [0.5, 0.6) is 0 Å². The van der Waals surface area contributed by atoms with Gasteiger partial charge in [-0.1, -0.05) is 11.6 Å². The molecule has 0 fully saturated rings. The lowest BCUT2D eigenvalue weighted by atomic mass is 10.2. The Morgan fingerprint density at radius 1 is 1.17 bits per heavy atom. The molecule has 7 heteroatoms. The molecule has 3 N–H and O–H groups in total. The summed E-state index contributed by atoms with van der Waals surface area (Å²) in [5.41, 5.74) is 5.33. The Labute approximate surface area is 105 Å². The van der Waals surface area contributed by atoms with Crippen molar-refractivity contribution in [1.29, 1.82) is 0 Å². The molecule has 1 aromatic heterocycles. The lowest BCUT2D eigenvalue weighted by Crippen LogP contribution is -2.02. The third kappa shape index (κ3) is 2.48. The van der Waals surface area contributed by atoms with E-state index in [0.29, 0.717) is 6.07 Å². The number of nitrogen functional groups attached to an aromatic ring is 1. The molecule has 2 rings (SSSR count). The van der Waals surface area contributed by atoms with E-state index in [0.717, 1.165) is 6.07 Å². The maximum Gasteiger partial charge on any atom is 0.182 e. The van der Waals surface area contributed by atoms with Gasteiger partial charge in [0.2, 0.25) is 0 Å². The van der Waals surface area contributed by atoms with Gasteiger partial charge in [-0.15, -0.1) is 0 Å². The SMILES string of the molecule is Nc1ccc(Cl)nc1Nc1cc(F)cc(F)c1F. The predicted molar refractivity (Wildman–Crippen MR) is 63.3 cm³/mol. The van der Waals surface area contributed by atoms with Gasteiger partial charge in [0.15, 0.2) is 17.5 Å². The van der Waals surface area contributed by atoms with Crippen LogP contribution in [0.15, 0.2) is 24.3 Å². The molecule has 0 unspecified atom stereocenters. The third-order valence-corrected chi connectivity index (χ3v) is 2.35. The second-order valence-corrected chi connectivity index (χ2v) is 3.83. The summed E-state index contributed by atoms with van der Waals surface area (Å²) in [5.74, 6) is -3.43. The minimum atomic E-state index is -1.31. The van der Waals surface area contributed by atoms with Crippen molar-refractivity contribution in [3.05, 3.63) is 46.9 Å². The molecule has 0 bridgehead atoms. The molecule has 0 aliphatic heterocycles. The van der Waals surface area contributed by atoms with Crippen LogP contribution in [0.1, 0.15) is 0 Å². The summed E-state index contributed by atoms with van der Waals surface area (Å²) in [6.07, 6.45) is 0. The molecule has 0 saturated carbocycles. The summed E-state index contributed by atoms with van der Waals surface area (Å²) in [5, 5.41) is 2.50. The third-order valence-electron chi connectivity index (χ3n) is 2.14. The zero-order chi connectivity index (χ0) is 13.3. The van der Waals surface area contributed by atoms with Crippen LogP contribution in [0.25, 0.3) is 0 Å². The molecular weight excluding hydrogens is 267 g/mol. The Morgan fingerprint density at radius 2 is 1.89 bits per heavy atom. The van der Waals surface area contributed by atoms with Crippen LogP contribution in [0, 0.1) is 17.5 Å². The van der Waals surface area contributed by atoms with Crippen molar-refractivity contribution in [1.82, 2.24) is 4.98 Å².